The van der Waals surface area contributed by atoms with Crippen LogP contribution in [0.5, 0.6) is 0 Å². The lowest BCUT2D eigenvalue weighted by molar-refractivity contribution is 0.259. The van der Waals surface area contributed by atoms with Crippen LogP contribution in [0.4, 0.5) is 0 Å². The number of aliphatic hydroxyl groups is 1. The third-order valence-corrected chi connectivity index (χ3v) is 5.46. The number of aliphatic hydroxyl groups excluding tert-OH is 1. The molecule has 2 rings (SSSR count). The van der Waals surface area contributed by atoms with Crippen molar-refractivity contribution in [2.75, 3.05) is 19.7 Å². The van der Waals surface area contributed by atoms with Crippen LogP contribution in [0.1, 0.15) is 25.7 Å². The molecule has 1 saturated carbocycles. The smallest absolute Gasteiger partial charge is 0.216 e. The van der Waals surface area contributed by atoms with Gasteiger partial charge in [0.05, 0.1) is 5.25 Å². The number of sulfonamides is 1. The van der Waals surface area contributed by atoms with Gasteiger partial charge in [-0.25, -0.2) is 12.7 Å². The molecule has 14 heavy (non-hydrogen) atoms. The van der Waals surface area contributed by atoms with E-state index < -0.39 is 10.0 Å². The molecule has 0 spiro atoms. The molecule has 0 bridgehead atoms. The van der Waals surface area contributed by atoms with E-state index in [1.807, 2.05) is 0 Å². The zero-order valence-electron chi connectivity index (χ0n) is 8.22. The molecule has 0 radical (unpaired) electrons. The predicted molar refractivity (Wildman–Crippen MR) is 53.3 cm³/mol. The van der Waals surface area contributed by atoms with Crippen molar-refractivity contribution in [1.82, 2.24) is 4.31 Å². The number of hydrogen-bond donors (Lipinski definition) is 1. The van der Waals surface area contributed by atoms with Gasteiger partial charge >= 0.3 is 0 Å². The van der Waals surface area contributed by atoms with Crippen molar-refractivity contribution in [3.8, 4) is 0 Å². The SMILES string of the molecule is O=S(=O)(C1CC1)N1CCC(CCO)C1. The van der Waals surface area contributed by atoms with Crippen molar-refractivity contribution >= 4 is 10.0 Å². The summed E-state index contributed by atoms with van der Waals surface area (Å²) >= 11 is 0. The Labute approximate surface area is 85.0 Å². The molecule has 1 atom stereocenters. The highest BCUT2D eigenvalue weighted by Gasteiger charge is 2.42. The van der Waals surface area contributed by atoms with E-state index in [-0.39, 0.29) is 11.9 Å². The third-order valence-electron chi connectivity index (χ3n) is 3.09. The molecule has 1 aliphatic heterocycles. The highest BCUT2D eigenvalue weighted by Crippen LogP contribution is 2.34. The Morgan fingerprint density at radius 3 is 2.57 bits per heavy atom. The average Bonchev–Trinajstić information content (AvgIpc) is 2.89. The van der Waals surface area contributed by atoms with E-state index in [2.05, 4.69) is 0 Å². The zero-order chi connectivity index (χ0) is 10.2. The standard InChI is InChI=1S/C9H17NO3S/c11-6-4-8-3-5-10(7-8)14(12,13)9-1-2-9/h8-9,11H,1-7H2. The minimum Gasteiger partial charge on any atom is -0.396 e. The van der Waals surface area contributed by atoms with Crippen LogP contribution < -0.4 is 0 Å². The summed E-state index contributed by atoms with van der Waals surface area (Å²) in [6.45, 7) is 1.45. The third kappa shape index (κ3) is 1.94. The second kappa shape index (κ2) is 3.79. The Balaban J connectivity index is 1.94. The van der Waals surface area contributed by atoms with Crippen molar-refractivity contribution in [2.24, 2.45) is 5.92 Å². The number of rotatable bonds is 4. The van der Waals surface area contributed by atoms with Gasteiger partial charge in [-0.1, -0.05) is 0 Å². The first-order valence-corrected chi connectivity index (χ1v) is 6.74. The maximum Gasteiger partial charge on any atom is 0.216 e. The van der Waals surface area contributed by atoms with E-state index in [1.165, 1.54) is 0 Å². The van der Waals surface area contributed by atoms with Gasteiger partial charge in [0.1, 0.15) is 0 Å². The summed E-state index contributed by atoms with van der Waals surface area (Å²) in [5.41, 5.74) is 0. The van der Waals surface area contributed by atoms with E-state index in [4.69, 9.17) is 5.11 Å². The van der Waals surface area contributed by atoms with Gasteiger partial charge in [-0.05, 0) is 31.6 Å². The molecular formula is C9H17NO3S. The molecule has 2 fully saturated rings. The molecule has 1 heterocycles. The van der Waals surface area contributed by atoms with Crippen LogP contribution in [0.25, 0.3) is 0 Å². The van der Waals surface area contributed by atoms with Gasteiger partial charge in [-0.2, -0.15) is 0 Å². The van der Waals surface area contributed by atoms with Gasteiger partial charge in [0, 0.05) is 19.7 Å². The van der Waals surface area contributed by atoms with Gasteiger partial charge in [0.25, 0.3) is 0 Å². The molecule has 4 nitrogen and oxygen atoms in total. The molecule has 1 unspecified atom stereocenters. The van der Waals surface area contributed by atoms with E-state index in [9.17, 15) is 8.42 Å². The molecule has 5 heteroatoms. The van der Waals surface area contributed by atoms with Crippen LogP contribution in [0.3, 0.4) is 0 Å². The fourth-order valence-electron chi connectivity index (χ4n) is 2.02. The fourth-order valence-corrected chi connectivity index (χ4v) is 3.96. The molecule has 1 N–H and O–H groups in total. The predicted octanol–water partition coefficient (Wildman–Crippen LogP) is 0.183. The second-order valence-electron chi connectivity index (χ2n) is 4.27. The summed E-state index contributed by atoms with van der Waals surface area (Å²) < 4.78 is 25.2. The lowest BCUT2D eigenvalue weighted by atomic mass is 10.1. The fraction of sp³-hybridized carbons (Fsp3) is 1.00. The summed E-state index contributed by atoms with van der Waals surface area (Å²) in [7, 11) is -2.97. The first-order chi connectivity index (χ1) is 6.64. The zero-order valence-corrected chi connectivity index (χ0v) is 9.04. The van der Waals surface area contributed by atoms with Gasteiger partial charge in [0.15, 0.2) is 0 Å². The van der Waals surface area contributed by atoms with Crippen LogP contribution in [0, 0.1) is 5.92 Å². The van der Waals surface area contributed by atoms with E-state index in [1.54, 1.807) is 4.31 Å². The Hall–Kier alpha value is -0.130. The van der Waals surface area contributed by atoms with Gasteiger partial charge < -0.3 is 5.11 Å². The molecule has 0 aromatic heterocycles. The first-order valence-electron chi connectivity index (χ1n) is 5.24. The minimum atomic E-state index is -2.97. The van der Waals surface area contributed by atoms with Crippen molar-refractivity contribution in [3.05, 3.63) is 0 Å². The Kier molecular flexibility index (Phi) is 2.81. The Morgan fingerprint density at radius 1 is 1.29 bits per heavy atom. The molecule has 1 saturated heterocycles. The van der Waals surface area contributed by atoms with Gasteiger partial charge in [-0.15, -0.1) is 0 Å². The summed E-state index contributed by atoms with van der Waals surface area (Å²) in [5, 5.41) is 8.68. The number of nitrogens with zero attached hydrogens (tertiary/aromatic N) is 1. The quantitative estimate of drug-likeness (QED) is 0.734. The monoisotopic (exact) mass is 219 g/mol. The summed E-state index contributed by atoms with van der Waals surface area (Å²) in [5.74, 6) is 0.369. The molecule has 0 aromatic carbocycles. The summed E-state index contributed by atoms with van der Waals surface area (Å²) in [6.07, 6.45) is 3.32. The Bertz CT molecular complexity index is 297. The van der Waals surface area contributed by atoms with Crippen LogP contribution >= 0.6 is 0 Å². The number of hydrogen-bond acceptors (Lipinski definition) is 3. The summed E-state index contributed by atoms with van der Waals surface area (Å²) in [6, 6.07) is 0. The lowest BCUT2D eigenvalue weighted by Gasteiger charge is -2.15. The van der Waals surface area contributed by atoms with Crippen LogP contribution in [0.15, 0.2) is 0 Å². The second-order valence-corrected chi connectivity index (χ2v) is 6.48. The van der Waals surface area contributed by atoms with E-state index >= 15 is 0 Å². The van der Waals surface area contributed by atoms with Crippen LogP contribution in [-0.4, -0.2) is 42.8 Å². The summed E-state index contributed by atoms with van der Waals surface area (Å²) in [4.78, 5) is 0. The van der Waals surface area contributed by atoms with Crippen LogP contribution in [-0.2, 0) is 10.0 Å². The van der Waals surface area contributed by atoms with Gasteiger partial charge in [0.2, 0.25) is 10.0 Å². The van der Waals surface area contributed by atoms with Crippen molar-refractivity contribution in [1.29, 1.82) is 0 Å². The minimum absolute atomic E-state index is 0.0876. The van der Waals surface area contributed by atoms with Crippen molar-refractivity contribution < 1.29 is 13.5 Å². The van der Waals surface area contributed by atoms with E-state index in [0.717, 1.165) is 25.7 Å². The largest absolute Gasteiger partial charge is 0.396 e. The lowest BCUT2D eigenvalue weighted by Crippen LogP contribution is -2.31. The normalized spacial score (nSPS) is 29.6. The molecule has 1 aliphatic carbocycles. The first kappa shape index (κ1) is 10.4. The molecule has 0 amide bonds. The maximum absolute atomic E-state index is 11.8. The molecule has 82 valence electrons. The van der Waals surface area contributed by atoms with E-state index in [0.29, 0.717) is 19.0 Å². The molecule has 2 aliphatic rings. The van der Waals surface area contributed by atoms with Gasteiger partial charge in [-0.3, -0.25) is 0 Å². The molecule has 0 aromatic rings. The molecular weight excluding hydrogens is 202 g/mol. The average molecular weight is 219 g/mol. The topological polar surface area (TPSA) is 57.6 Å². The highest BCUT2D eigenvalue weighted by atomic mass is 32.2. The highest BCUT2D eigenvalue weighted by molar-refractivity contribution is 7.90. The van der Waals surface area contributed by atoms with Crippen LogP contribution in [0.2, 0.25) is 0 Å². The van der Waals surface area contributed by atoms with Crippen molar-refractivity contribution in [2.45, 2.75) is 30.9 Å². The Morgan fingerprint density at radius 2 is 2.00 bits per heavy atom. The van der Waals surface area contributed by atoms with Crippen molar-refractivity contribution in [3.63, 3.8) is 0 Å². The maximum atomic E-state index is 11.8.